The lowest BCUT2D eigenvalue weighted by atomic mass is 9.87. The second-order valence-electron chi connectivity index (χ2n) is 13.4. The van der Waals surface area contributed by atoms with Gasteiger partial charge in [0.1, 0.15) is 11.4 Å². The molecule has 7 rings (SSSR count). The largest absolute Gasteiger partial charge is 0.534 e. The van der Waals surface area contributed by atoms with Crippen LogP contribution in [0.5, 0.6) is 5.75 Å². The molecule has 1 heterocycles. The normalized spacial score (nSPS) is 14.8. The number of aromatic nitrogens is 1. The molecule has 0 saturated carbocycles. The molecule has 0 spiro atoms. The minimum absolute atomic E-state index is 0.109. The third kappa shape index (κ3) is 6.09. The molecular formula is C42H42N2O2Si. The molecule has 47 heavy (non-hydrogen) atoms. The first-order valence-electron chi connectivity index (χ1n) is 16.7. The van der Waals surface area contributed by atoms with Gasteiger partial charge in [-0.15, -0.1) is 0 Å². The maximum atomic E-state index is 7.55. The van der Waals surface area contributed by atoms with Gasteiger partial charge in [0.25, 0.3) is 0 Å². The Morgan fingerprint density at radius 1 is 0.723 bits per heavy atom. The van der Waals surface area contributed by atoms with E-state index >= 15 is 0 Å². The highest BCUT2D eigenvalue weighted by Gasteiger charge is 2.52. The van der Waals surface area contributed by atoms with E-state index in [1.54, 1.807) is 0 Å². The third-order valence-corrected chi connectivity index (χ3v) is 14.3. The molecule has 1 N–H and O–H groups in total. The molecule has 1 atom stereocenters. The summed E-state index contributed by atoms with van der Waals surface area (Å²) in [4.78, 5) is 5.01. The molecule has 5 aromatic carbocycles. The molecule has 5 heteroatoms. The van der Waals surface area contributed by atoms with Crippen molar-refractivity contribution in [3.8, 4) is 28.3 Å². The van der Waals surface area contributed by atoms with E-state index in [2.05, 4.69) is 129 Å². The van der Waals surface area contributed by atoms with Crippen LogP contribution >= 0.6 is 0 Å². The van der Waals surface area contributed by atoms with Crippen LogP contribution in [0, 0.1) is 0 Å². The molecule has 0 unspecified atom stereocenters. The number of hydrogen-bond donors (Lipinski definition) is 1. The molecule has 0 fully saturated rings. The summed E-state index contributed by atoms with van der Waals surface area (Å²) < 4.78 is 14.0. The lowest BCUT2D eigenvalue weighted by molar-refractivity contribution is 0.407. The lowest BCUT2D eigenvalue weighted by Gasteiger charge is -2.44. The smallest absolute Gasteiger partial charge is 0.319 e. The number of fused-ring (bicyclic) bond motifs is 1. The minimum atomic E-state index is -2.76. The fourth-order valence-corrected chi connectivity index (χ4v) is 11.6. The van der Waals surface area contributed by atoms with Crippen LogP contribution in [0.1, 0.15) is 56.7 Å². The summed E-state index contributed by atoms with van der Waals surface area (Å²) in [7, 11) is -2.76. The number of oxazole rings is 1. The Labute approximate surface area is 279 Å². The van der Waals surface area contributed by atoms with Gasteiger partial charge in [-0.2, -0.15) is 0 Å². The summed E-state index contributed by atoms with van der Waals surface area (Å²) in [5.74, 6) is 2.50. The molecule has 236 valence electrons. The molecule has 6 aromatic rings. The second kappa shape index (κ2) is 13.2. The average Bonchev–Trinajstić information content (AvgIpc) is 3.55. The maximum absolute atomic E-state index is 7.55. The van der Waals surface area contributed by atoms with Crippen LogP contribution in [-0.4, -0.2) is 13.3 Å². The topological polar surface area (TPSA) is 47.3 Å². The van der Waals surface area contributed by atoms with Crippen molar-refractivity contribution in [3.05, 3.63) is 157 Å². The van der Waals surface area contributed by atoms with Gasteiger partial charge in [0.15, 0.2) is 5.76 Å². The fourth-order valence-electron chi connectivity index (χ4n) is 7.16. The molecular weight excluding hydrogens is 593 g/mol. The monoisotopic (exact) mass is 634 g/mol. The van der Waals surface area contributed by atoms with E-state index in [1.165, 1.54) is 21.5 Å². The predicted octanol–water partition coefficient (Wildman–Crippen LogP) is 9.11. The zero-order valence-corrected chi connectivity index (χ0v) is 28.4. The molecule has 1 aliphatic carbocycles. The Morgan fingerprint density at radius 3 is 1.89 bits per heavy atom. The molecule has 1 aromatic heterocycles. The zero-order chi connectivity index (χ0) is 32.3. The van der Waals surface area contributed by atoms with Crippen LogP contribution in [0.25, 0.3) is 22.6 Å². The summed E-state index contributed by atoms with van der Waals surface area (Å²) in [5, 5.41) is 6.28. The predicted molar refractivity (Wildman–Crippen MR) is 195 cm³/mol. The van der Waals surface area contributed by atoms with Crippen LogP contribution in [0.3, 0.4) is 0 Å². The van der Waals surface area contributed by atoms with Crippen molar-refractivity contribution in [2.24, 2.45) is 0 Å². The average molecular weight is 635 g/mol. The van der Waals surface area contributed by atoms with Crippen LogP contribution in [0.15, 0.2) is 144 Å². The van der Waals surface area contributed by atoms with Crippen molar-refractivity contribution in [1.82, 2.24) is 10.3 Å². The first kappa shape index (κ1) is 30.9. The van der Waals surface area contributed by atoms with Gasteiger partial charge in [-0.3, -0.25) is 0 Å². The number of rotatable bonds is 9. The van der Waals surface area contributed by atoms with Crippen molar-refractivity contribution in [3.63, 3.8) is 0 Å². The zero-order valence-electron chi connectivity index (χ0n) is 27.4. The Hall–Kier alpha value is -4.71. The van der Waals surface area contributed by atoms with E-state index < -0.39 is 8.32 Å². The van der Waals surface area contributed by atoms with E-state index in [0.29, 0.717) is 12.4 Å². The first-order valence-corrected chi connectivity index (χ1v) is 18.6. The molecule has 0 amide bonds. The highest BCUT2D eigenvalue weighted by atomic mass is 28.4. The van der Waals surface area contributed by atoms with Gasteiger partial charge in [-0.25, -0.2) is 4.98 Å². The fraction of sp³-hybridized carbons (Fsp3) is 0.214. The van der Waals surface area contributed by atoms with E-state index in [9.17, 15) is 0 Å². The van der Waals surface area contributed by atoms with Gasteiger partial charge in [0.2, 0.25) is 5.89 Å². The first-order chi connectivity index (χ1) is 22.9. The maximum Gasteiger partial charge on any atom is 0.319 e. The summed E-state index contributed by atoms with van der Waals surface area (Å²) in [5.41, 5.74) is 5.57. The highest BCUT2D eigenvalue weighted by molar-refractivity contribution is 7.00. The van der Waals surface area contributed by atoms with E-state index in [0.717, 1.165) is 47.6 Å². The van der Waals surface area contributed by atoms with E-state index in [-0.39, 0.29) is 11.1 Å². The Kier molecular flexibility index (Phi) is 8.67. The Morgan fingerprint density at radius 2 is 1.30 bits per heavy atom. The van der Waals surface area contributed by atoms with Gasteiger partial charge in [0, 0.05) is 17.2 Å². The van der Waals surface area contributed by atoms with Crippen molar-refractivity contribution < 1.29 is 8.84 Å². The van der Waals surface area contributed by atoms with Gasteiger partial charge in [-0.05, 0) is 51.9 Å². The van der Waals surface area contributed by atoms with Gasteiger partial charge >= 0.3 is 8.32 Å². The van der Waals surface area contributed by atoms with Gasteiger partial charge in [-0.1, -0.05) is 154 Å². The summed E-state index contributed by atoms with van der Waals surface area (Å²) in [6, 6.07) is 49.1. The van der Waals surface area contributed by atoms with Gasteiger partial charge in [0.05, 0.1) is 6.54 Å². The molecule has 0 saturated heterocycles. The standard InChI is InChI=1S/C42H42N2O2Si/c1-42(2,3)47(33-22-12-6-13-23-33,34-24-14-7-15-25-34)46-38-29-17-26-35-36(38)27-16-28-37(35)43-30-39-44-40(31-18-8-4-9-19-31)41(45-39)32-20-10-5-11-21-32/h4-15,17-26,29,37,43H,16,27-28,30H2,1-3H3/t37-/m0/s1. The lowest BCUT2D eigenvalue weighted by Crippen LogP contribution is -2.69. The van der Waals surface area contributed by atoms with Crippen LogP contribution in [0.2, 0.25) is 5.04 Å². The van der Waals surface area contributed by atoms with Crippen LogP contribution in [0.4, 0.5) is 0 Å². The molecule has 0 aliphatic heterocycles. The second-order valence-corrected chi connectivity index (χ2v) is 17.7. The van der Waals surface area contributed by atoms with Crippen molar-refractivity contribution >= 4 is 18.7 Å². The Balaban J connectivity index is 1.21. The third-order valence-electron chi connectivity index (χ3n) is 9.40. The summed E-state index contributed by atoms with van der Waals surface area (Å²) >= 11 is 0. The number of nitrogens with one attached hydrogen (secondary N) is 1. The molecule has 1 aliphatic rings. The molecule has 0 bridgehead atoms. The highest BCUT2D eigenvalue weighted by Crippen LogP contribution is 2.42. The van der Waals surface area contributed by atoms with Crippen LogP contribution in [-0.2, 0) is 13.0 Å². The van der Waals surface area contributed by atoms with Crippen molar-refractivity contribution in [2.45, 2.75) is 57.7 Å². The van der Waals surface area contributed by atoms with Gasteiger partial charge < -0.3 is 14.2 Å². The van der Waals surface area contributed by atoms with Crippen molar-refractivity contribution in [2.75, 3.05) is 0 Å². The van der Waals surface area contributed by atoms with E-state index in [1.807, 2.05) is 36.4 Å². The summed E-state index contributed by atoms with van der Waals surface area (Å²) in [6.07, 6.45) is 3.13. The van der Waals surface area contributed by atoms with Crippen LogP contribution < -0.4 is 20.1 Å². The SMILES string of the molecule is CC(C)(C)[Si](Oc1cccc2c1CCC[C@@H]2NCc1nc(-c2ccccc2)c(-c2ccccc2)o1)(c1ccccc1)c1ccccc1. The molecule has 0 radical (unpaired) electrons. The number of benzene rings is 5. The number of nitrogens with zero attached hydrogens (tertiary/aromatic N) is 1. The number of hydrogen-bond acceptors (Lipinski definition) is 4. The summed E-state index contributed by atoms with van der Waals surface area (Å²) in [6.45, 7) is 7.55. The Bertz CT molecular complexity index is 1820. The quantitative estimate of drug-likeness (QED) is 0.161. The van der Waals surface area contributed by atoms with E-state index in [4.69, 9.17) is 13.8 Å². The van der Waals surface area contributed by atoms with Crippen molar-refractivity contribution in [1.29, 1.82) is 0 Å². The minimum Gasteiger partial charge on any atom is -0.534 e. The molecule has 4 nitrogen and oxygen atoms in total.